The van der Waals surface area contributed by atoms with E-state index in [0.29, 0.717) is 18.9 Å². The van der Waals surface area contributed by atoms with Crippen molar-refractivity contribution >= 4 is 41.5 Å². The molecule has 0 aliphatic carbocycles. The lowest BCUT2D eigenvalue weighted by molar-refractivity contribution is -0.131. The molecule has 1 aliphatic rings. The number of halogens is 1. The van der Waals surface area contributed by atoms with Gasteiger partial charge in [-0.1, -0.05) is 32.0 Å². The zero-order valence-electron chi connectivity index (χ0n) is 18.6. The lowest BCUT2D eigenvalue weighted by atomic mass is 10.2. The molecule has 1 amide bonds. The van der Waals surface area contributed by atoms with Crippen LogP contribution in [0.15, 0.2) is 35.3 Å². The normalized spacial score (nSPS) is 14.5. The van der Waals surface area contributed by atoms with Crippen LogP contribution in [-0.2, 0) is 9.53 Å². The highest BCUT2D eigenvalue weighted by atomic mass is 127. The zero-order chi connectivity index (χ0) is 20.9. The molecule has 170 valence electrons. The van der Waals surface area contributed by atoms with Crippen molar-refractivity contribution in [3.63, 3.8) is 0 Å². The van der Waals surface area contributed by atoms with Gasteiger partial charge in [0.2, 0.25) is 5.91 Å². The topological polar surface area (TPSA) is 69.2 Å². The number of amides is 1. The van der Waals surface area contributed by atoms with E-state index >= 15 is 0 Å². The number of carbonyl (C=O) groups excluding carboxylic acids is 1. The molecular formula is C22H38IN5O2. The Morgan fingerprint density at radius 3 is 2.40 bits per heavy atom. The number of anilines is 1. The number of benzene rings is 1. The van der Waals surface area contributed by atoms with Gasteiger partial charge in [-0.3, -0.25) is 9.79 Å². The second kappa shape index (κ2) is 15.3. The minimum atomic E-state index is 0. The average molecular weight is 531 g/mol. The van der Waals surface area contributed by atoms with Gasteiger partial charge in [0.05, 0.1) is 0 Å². The molecule has 1 heterocycles. The van der Waals surface area contributed by atoms with Crippen LogP contribution in [0.4, 0.5) is 5.69 Å². The molecule has 0 spiro atoms. The van der Waals surface area contributed by atoms with Crippen molar-refractivity contribution in [1.82, 2.24) is 15.5 Å². The second-order valence-electron chi connectivity index (χ2n) is 7.70. The van der Waals surface area contributed by atoms with Crippen LogP contribution in [0.25, 0.3) is 0 Å². The molecule has 8 heteroatoms. The summed E-state index contributed by atoms with van der Waals surface area (Å²) in [4.78, 5) is 21.0. The summed E-state index contributed by atoms with van der Waals surface area (Å²) in [6, 6.07) is 10.4. The van der Waals surface area contributed by atoms with E-state index in [9.17, 15) is 4.79 Å². The van der Waals surface area contributed by atoms with Gasteiger partial charge in [-0.15, -0.1) is 24.0 Å². The van der Waals surface area contributed by atoms with Gasteiger partial charge in [-0.2, -0.15) is 0 Å². The third-order valence-corrected chi connectivity index (χ3v) is 4.82. The number of ether oxygens (including phenoxy) is 1. The maximum Gasteiger partial charge on any atom is 0.224 e. The quantitative estimate of drug-likeness (QED) is 0.210. The summed E-state index contributed by atoms with van der Waals surface area (Å²) in [6.45, 7) is 10.5. The Kier molecular flexibility index (Phi) is 13.5. The molecule has 2 N–H and O–H groups in total. The number of nitrogens with zero attached hydrogens (tertiary/aromatic N) is 3. The van der Waals surface area contributed by atoms with Crippen LogP contribution in [0.5, 0.6) is 0 Å². The summed E-state index contributed by atoms with van der Waals surface area (Å²) in [7, 11) is 1.75. The zero-order valence-corrected chi connectivity index (χ0v) is 20.9. The third kappa shape index (κ3) is 9.97. The van der Waals surface area contributed by atoms with E-state index in [1.165, 1.54) is 5.69 Å². The van der Waals surface area contributed by atoms with E-state index in [-0.39, 0.29) is 29.9 Å². The highest BCUT2D eigenvalue weighted by Gasteiger charge is 2.20. The first-order valence-corrected chi connectivity index (χ1v) is 10.7. The molecule has 0 saturated carbocycles. The van der Waals surface area contributed by atoms with Crippen molar-refractivity contribution in [2.24, 2.45) is 10.9 Å². The number of guanidine groups is 1. The van der Waals surface area contributed by atoms with Gasteiger partial charge >= 0.3 is 0 Å². The molecule has 2 rings (SSSR count). The molecular weight excluding hydrogens is 493 g/mol. The first kappa shape index (κ1) is 26.5. The van der Waals surface area contributed by atoms with Crippen LogP contribution in [-0.4, -0.2) is 76.3 Å². The van der Waals surface area contributed by atoms with E-state index < -0.39 is 0 Å². The highest BCUT2D eigenvalue weighted by molar-refractivity contribution is 14.0. The predicted octanol–water partition coefficient (Wildman–Crippen LogP) is 2.57. The summed E-state index contributed by atoms with van der Waals surface area (Å²) in [6.07, 6.45) is 1.40. The number of piperazine rings is 1. The molecule has 0 radical (unpaired) electrons. The van der Waals surface area contributed by atoms with E-state index in [1.54, 1.807) is 7.05 Å². The van der Waals surface area contributed by atoms with Crippen molar-refractivity contribution in [3.05, 3.63) is 30.3 Å². The fourth-order valence-electron chi connectivity index (χ4n) is 3.22. The van der Waals surface area contributed by atoms with Crippen molar-refractivity contribution in [2.75, 3.05) is 64.4 Å². The molecule has 1 aromatic rings. The van der Waals surface area contributed by atoms with Gasteiger partial charge in [0, 0.05) is 71.6 Å². The standard InChI is InChI=1S/C22H37N5O2.HI/c1-19(2)18-29-17-7-11-24-22(23-3)25-12-10-21(28)27-15-13-26(14-16-27)20-8-5-4-6-9-20;/h4-6,8-9,19H,7,10-18H2,1-3H3,(H2,23,24,25);1H. The van der Waals surface area contributed by atoms with Gasteiger partial charge in [0.15, 0.2) is 5.96 Å². The Bertz CT molecular complexity index is 619. The maximum absolute atomic E-state index is 12.5. The number of hydrogen-bond donors (Lipinski definition) is 2. The van der Waals surface area contributed by atoms with Crippen LogP contribution in [0, 0.1) is 5.92 Å². The minimum absolute atomic E-state index is 0. The number of rotatable bonds is 10. The number of hydrogen-bond acceptors (Lipinski definition) is 4. The molecule has 7 nitrogen and oxygen atoms in total. The number of carbonyl (C=O) groups is 1. The summed E-state index contributed by atoms with van der Waals surface area (Å²) in [5.74, 6) is 1.49. The monoisotopic (exact) mass is 531 g/mol. The summed E-state index contributed by atoms with van der Waals surface area (Å²) >= 11 is 0. The van der Waals surface area contributed by atoms with Crippen LogP contribution >= 0.6 is 24.0 Å². The Morgan fingerprint density at radius 2 is 1.77 bits per heavy atom. The van der Waals surface area contributed by atoms with Crippen LogP contribution < -0.4 is 15.5 Å². The van der Waals surface area contributed by atoms with Gasteiger partial charge in [-0.05, 0) is 24.5 Å². The van der Waals surface area contributed by atoms with Crippen molar-refractivity contribution < 1.29 is 9.53 Å². The molecule has 1 fully saturated rings. The fraction of sp³-hybridized carbons (Fsp3) is 0.636. The van der Waals surface area contributed by atoms with Crippen LogP contribution in [0.3, 0.4) is 0 Å². The molecule has 1 aromatic carbocycles. The van der Waals surface area contributed by atoms with E-state index in [2.05, 4.69) is 58.6 Å². The maximum atomic E-state index is 12.5. The van der Waals surface area contributed by atoms with Crippen LogP contribution in [0.2, 0.25) is 0 Å². The summed E-state index contributed by atoms with van der Waals surface area (Å²) < 4.78 is 5.57. The van der Waals surface area contributed by atoms with E-state index in [1.807, 2.05) is 11.0 Å². The Balaban J connectivity index is 0.00000450. The second-order valence-corrected chi connectivity index (χ2v) is 7.70. The largest absolute Gasteiger partial charge is 0.381 e. The highest BCUT2D eigenvalue weighted by Crippen LogP contribution is 2.15. The lowest BCUT2D eigenvalue weighted by Crippen LogP contribution is -2.49. The number of para-hydroxylation sites is 1. The molecule has 0 unspecified atom stereocenters. The SMILES string of the molecule is CN=C(NCCCOCC(C)C)NCCC(=O)N1CCN(c2ccccc2)CC1.I. The number of nitrogens with one attached hydrogen (secondary N) is 2. The molecule has 0 bridgehead atoms. The average Bonchev–Trinajstić information content (AvgIpc) is 2.75. The fourth-order valence-corrected chi connectivity index (χ4v) is 3.22. The van der Waals surface area contributed by atoms with Crippen molar-refractivity contribution in [2.45, 2.75) is 26.7 Å². The summed E-state index contributed by atoms with van der Waals surface area (Å²) in [5, 5.41) is 6.49. The van der Waals surface area contributed by atoms with Gasteiger partial charge < -0.3 is 25.2 Å². The van der Waals surface area contributed by atoms with Gasteiger partial charge in [-0.25, -0.2) is 0 Å². The lowest BCUT2D eigenvalue weighted by Gasteiger charge is -2.36. The summed E-state index contributed by atoms with van der Waals surface area (Å²) in [5.41, 5.74) is 1.23. The number of aliphatic imine (C=N–C) groups is 1. The minimum Gasteiger partial charge on any atom is -0.381 e. The molecule has 1 saturated heterocycles. The first-order chi connectivity index (χ1) is 14.1. The Labute approximate surface area is 198 Å². The van der Waals surface area contributed by atoms with E-state index in [4.69, 9.17) is 4.74 Å². The van der Waals surface area contributed by atoms with Crippen molar-refractivity contribution in [1.29, 1.82) is 0 Å². The van der Waals surface area contributed by atoms with Crippen molar-refractivity contribution in [3.8, 4) is 0 Å². The first-order valence-electron chi connectivity index (χ1n) is 10.7. The smallest absolute Gasteiger partial charge is 0.224 e. The van der Waals surface area contributed by atoms with E-state index in [0.717, 1.165) is 58.3 Å². The molecule has 30 heavy (non-hydrogen) atoms. The van der Waals surface area contributed by atoms with Gasteiger partial charge in [0.1, 0.15) is 0 Å². The van der Waals surface area contributed by atoms with Gasteiger partial charge in [0.25, 0.3) is 0 Å². The third-order valence-electron chi connectivity index (χ3n) is 4.82. The Hall–Kier alpha value is -1.55. The predicted molar refractivity (Wildman–Crippen MR) is 135 cm³/mol. The Morgan fingerprint density at radius 1 is 1.10 bits per heavy atom. The molecule has 1 aliphatic heterocycles. The molecule has 0 aromatic heterocycles. The molecule has 0 atom stereocenters. The van der Waals surface area contributed by atoms with Crippen LogP contribution in [0.1, 0.15) is 26.7 Å².